The molecule has 2 aliphatic carbocycles. The first-order chi connectivity index (χ1) is 9.13. The van der Waals surface area contributed by atoms with Crippen LogP contribution in [0.15, 0.2) is 18.2 Å². The summed E-state index contributed by atoms with van der Waals surface area (Å²) in [7, 11) is 0. The van der Waals surface area contributed by atoms with Gasteiger partial charge in [0.25, 0.3) is 0 Å². The first-order valence-corrected chi connectivity index (χ1v) is 7.24. The lowest BCUT2D eigenvalue weighted by atomic mass is 9.84. The molecule has 1 N–H and O–H groups in total. The molecular formula is C16H20F2O. The summed E-state index contributed by atoms with van der Waals surface area (Å²) in [6.45, 7) is 0. The third-order valence-corrected chi connectivity index (χ3v) is 4.96. The predicted octanol–water partition coefficient (Wildman–Crippen LogP) is 3.69. The van der Waals surface area contributed by atoms with Crippen molar-refractivity contribution < 1.29 is 13.9 Å². The Morgan fingerprint density at radius 1 is 1.16 bits per heavy atom. The lowest BCUT2D eigenvalue weighted by Gasteiger charge is -2.24. The Balaban J connectivity index is 1.61. The van der Waals surface area contributed by atoms with E-state index in [1.807, 2.05) is 0 Å². The minimum absolute atomic E-state index is 0.0261. The Labute approximate surface area is 112 Å². The zero-order chi connectivity index (χ0) is 13.4. The van der Waals surface area contributed by atoms with E-state index in [4.69, 9.17) is 0 Å². The second-order valence-corrected chi connectivity index (χ2v) is 6.23. The molecule has 0 amide bonds. The number of aliphatic hydroxyl groups excluding tert-OH is 1. The van der Waals surface area contributed by atoms with Gasteiger partial charge in [-0.05, 0) is 55.6 Å². The highest BCUT2D eigenvalue weighted by Crippen LogP contribution is 2.50. The lowest BCUT2D eigenvalue weighted by Crippen LogP contribution is -2.21. The zero-order valence-electron chi connectivity index (χ0n) is 11.0. The molecule has 0 aromatic heterocycles. The number of benzene rings is 1. The summed E-state index contributed by atoms with van der Waals surface area (Å²) < 4.78 is 27.0. The van der Waals surface area contributed by atoms with Crippen molar-refractivity contribution in [2.75, 3.05) is 0 Å². The van der Waals surface area contributed by atoms with Gasteiger partial charge < -0.3 is 5.11 Å². The van der Waals surface area contributed by atoms with Crippen LogP contribution < -0.4 is 0 Å². The van der Waals surface area contributed by atoms with Crippen LogP contribution in [-0.2, 0) is 6.42 Å². The van der Waals surface area contributed by atoms with Crippen molar-refractivity contribution in [3.63, 3.8) is 0 Å². The Hall–Kier alpha value is -0.960. The minimum Gasteiger partial charge on any atom is -0.393 e. The van der Waals surface area contributed by atoms with Crippen molar-refractivity contribution in [3.8, 4) is 0 Å². The van der Waals surface area contributed by atoms with Gasteiger partial charge in [-0.3, -0.25) is 0 Å². The first kappa shape index (κ1) is 13.0. The van der Waals surface area contributed by atoms with Gasteiger partial charge in [0.2, 0.25) is 0 Å². The van der Waals surface area contributed by atoms with Crippen LogP contribution >= 0.6 is 0 Å². The van der Waals surface area contributed by atoms with E-state index in [1.165, 1.54) is 43.9 Å². The molecular weight excluding hydrogens is 246 g/mol. The fourth-order valence-electron chi connectivity index (χ4n) is 4.06. The highest BCUT2D eigenvalue weighted by molar-refractivity contribution is 5.20. The fourth-order valence-corrected chi connectivity index (χ4v) is 4.06. The highest BCUT2D eigenvalue weighted by Gasteiger charge is 2.40. The maximum atomic E-state index is 13.5. The Kier molecular flexibility index (Phi) is 3.57. The number of hydrogen-bond acceptors (Lipinski definition) is 1. The third kappa shape index (κ3) is 2.66. The molecule has 19 heavy (non-hydrogen) atoms. The second kappa shape index (κ2) is 5.20. The SMILES string of the molecule is OC(Cc1c(F)cccc1F)CC1CC2CCC1C2. The Bertz CT molecular complexity index is 440. The van der Waals surface area contributed by atoms with Gasteiger partial charge >= 0.3 is 0 Å². The largest absolute Gasteiger partial charge is 0.393 e. The van der Waals surface area contributed by atoms with Crippen molar-refractivity contribution in [3.05, 3.63) is 35.4 Å². The molecule has 0 aliphatic heterocycles. The molecule has 1 nitrogen and oxygen atoms in total. The Morgan fingerprint density at radius 2 is 1.89 bits per heavy atom. The van der Waals surface area contributed by atoms with Gasteiger partial charge in [-0.1, -0.05) is 12.5 Å². The molecule has 2 aliphatic rings. The summed E-state index contributed by atoms with van der Waals surface area (Å²) in [6, 6.07) is 3.86. The summed E-state index contributed by atoms with van der Waals surface area (Å²) >= 11 is 0. The molecule has 0 spiro atoms. The number of fused-ring (bicyclic) bond motifs is 2. The molecule has 3 heteroatoms. The number of halogens is 2. The average Bonchev–Trinajstić information content (AvgIpc) is 2.96. The van der Waals surface area contributed by atoms with Gasteiger partial charge in [0.05, 0.1) is 6.10 Å². The molecule has 0 heterocycles. The van der Waals surface area contributed by atoms with E-state index in [-0.39, 0.29) is 12.0 Å². The summed E-state index contributed by atoms with van der Waals surface area (Å²) in [5.41, 5.74) is 0.0261. The Morgan fingerprint density at radius 3 is 2.47 bits per heavy atom. The molecule has 2 saturated carbocycles. The van der Waals surface area contributed by atoms with Crippen LogP contribution in [0.5, 0.6) is 0 Å². The quantitative estimate of drug-likeness (QED) is 0.881. The maximum absolute atomic E-state index is 13.5. The molecule has 2 bridgehead atoms. The van der Waals surface area contributed by atoms with Gasteiger partial charge in [0, 0.05) is 12.0 Å². The van der Waals surface area contributed by atoms with E-state index in [0.29, 0.717) is 12.3 Å². The third-order valence-electron chi connectivity index (χ3n) is 4.96. The van der Waals surface area contributed by atoms with Crippen molar-refractivity contribution in [2.24, 2.45) is 17.8 Å². The fraction of sp³-hybridized carbons (Fsp3) is 0.625. The van der Waals surface area contributed by atoms with Gasteiger partial charge in [-0.2, -0.15) is 0 Å². The number of rotatable bonds is 4. The first-order valence-electron chi connectivity index (χ1n) is 7.24. The van der Waals surface area contributed by atoms with Gasteiger partial charge in [-0.25, -0.2) is 8.78 Å². The molecule has 4 unspecified atom stereocenters. The van der Waals surface area contributed by atoms with Crippen molar-refractivity contribution >= 4 is 0 Å². The van der Waals surface area contributed by atoms with Gasteiger partial charge in [0.1, 0.15) is 11.6 Å². The van der Waals surface area contributed by atoms with Crippen LogP contribution in [0.3, 0.4) is 0 Å². The van der Waals surface area contributed by atoms with Crippen molar-refractivity contribution in [1.29, 1.82) is 0 Å². The van der Waals surface area contributed by atoms with Crippen LogP contribution in [0.4, 0.5) is 8.78 Å². The summed E-state index contributed by atoms with van der Waals surface area (Å²) in [5, 5.41) is 10.1. The molecule has 3 rings (SSSR count). The molecule has 1 aromatic carbocycles. The van der Waals surface area contributed by atoms with Crippen LogP contribution in [0, 0.1) is 29.4 Å². The predicted molar refractivity (Wildman–Crippen MR) is 69.6 cm³/mol. The van der Waals surface area contributed by atoms with Crippen molar-refractivity contribution in [1.82, 2.24) is 0 Å². The summed E-state index contributed by atoms with van der Waals surface area (Å²) in [4.78, 5) is 0. The van der Waals surface area contributed by atoms with Crippen LogP contribution in [0.1, 0.15) is 37.7 Å². The summed E-state index contributed by atoms with van der Waals surface area (Å²) in [6.07, 6.45) is 5.25. The van der Waals surface area contributed by atoms with E-state index < -0.39 is 17.7 Å². The zero-order valence-corrected chi connectivity index (χ0v) is 11.0. The van der Waals surface area contributed by atoms with E-state index in [2.05, 4.69) is 0 Å². The van der Waals surface area contributed by atoms with Crippen molar-refractivity contribution in [2.45, 2.75) is 44.6 Å². The van der Waals surface area contributed by atoms with Crippen LogP contribution in [0.25, 0.3) is 0 Å². The molecule has 0 saturated heterocycles. The van der Waals surface area contributed by atoms with Crippen LogP contribution in [-0.4, -0.2) is 11.2 Å². The molecule has 2 fully saturated rings. The van der Waals surface area contributed by atoms with E-state index >= 15 is 0 Å². The average molecular weight is 266 g/mol. The molecule has 104 valence electrons. The normalized spacial score (nSPS) is 30.8. The topological polar surface area (TPSA) is 20.2 Å². The highest BCUT2D eigenvalue weighted by atomic mass is 19.1. The van der Waals surface area contributed by atoms with Gasteiger partial charge in [0.15, 0.2) is 0 Å². The minimum atomic E-state index is -0.629. The summed E-state index contributed by atoms with van der Waals surface area (Å²) in [5.74, 6) is 1.04. The lowest BCUT2D eigenvalue weighted by molar-refractivity contribution is 0.123. The molecule has 4 atom stereocenters. The maximum Gasteiger partial charge on any atom is 0.129 e. The smallest absolute Gasteiger partial charge is 0.129 e. The van der Waals surface area contributed by atoms with Crippen LogP contribution in [0.2, 0.25) is 0 Å². The van der Waals surface area contributed by atoms with E-state index in [9.17, 15) is 13.9 Å². The second-order valence-electron chi connectivity index (χ2n) is 6.23. The molecule has 1 aromatic rings. The molecule has 0 radical (unpaired) electrons. The van der Waals surface area contributed by atoms with Gasteiger partial charge in [-0.15, -0.1) is 0 Å². The monoisotopic (exact) mass is 266 g/mol. The van der Waals surface area contributed by atoms with E-state index in [1.54, 1.807) is 0 Å². The number of hydrogen-bond donors (Lipinski definition) is 1. The standard InChI is InChI=1S/C16H20F2O/c17-15-2-1-3-16(18)14(15)9-13(19)8-12-7-10-4-5-11(12)6-10/h1-3,10-13,19H,4-9H2. The number of aliphatic hydroxyl groups is 1. The van der Waals surface area contributed by atoms with E-state index in [0.717, 1.165) is 11.8 Å².